The minimum absolute atomic E-state index is 0.0786. The topological polar surface area (TPSA) is 21.3 Å². The Morgan fingerprint density at radius 3 is 2.83 bits per heavy atom. The molecule has 0 fully saturated rings. The van der Waals surface area contributed by atoms with Gasteiger partial charge in [0.25, 0.3) is 0 Å². The molecule has 0 spiro atoms. The third-order valence-corrected chi connectivity index (χ3v) is 3.18. The van der Waals surface area contributed by atoms with E-state index in [9.17, 15) is 13.2 Å². The molecule has 1 aromatic rings. The third kappa shape index (κ3) is 3.62. The zero-order valence-electron chi connectivity index (χ0n) is 9.61. The van der Waals surface area contributed by atoms with E-state index < -0.39 is 12.6 Å². The molecule has 0 unspecified atom stereocenters. The number of rotatable bonds is 4. The molecule has 1 N–H and O–H groups in total. The lowest BCUT2D eigenvalue weighted by molar-refractivity contribution is -0.133. The molecule has 0 bridgehead atoms. The van der Waals surface area contributed by atoms with Gasteiger partial charge in [0, 0.05) is 29.5 Å². The van der Waals surface area contributed by atoms with Crippen LogP contribution in [0.3, 0.4) is 0 Å². The van der Waals surface area contributed by atoms with E-state index in [-0.39, 0.29) is 6.54 Å². The van der Waals surface area contributed by atoms with Gasteiger partial charge in [-0.3, -0.25) is 0 Å². The quantitative estimate of drug-likeness (QED) is 0.857. The standard InChI is InChI=1S/C12H13BrF3NO/c13-10-5-8-1-4-18-11(8)9(6-10)7-17-3-2-12(14,15)16/h5-6,17H,1-4,7H2. The first kappa shape index (κ1) is 13.7. The Morgan fingerprint density at radius 2 is 2.11 bits per heavy atom. The van der Waals surface area contributed by atoms with Gasteiger partial charge >= 0.3 is 6.18 Å². The van der Waals surface area contributed by atoms with Crippen LogP contribution in [0.5, 0.6) is 5.75 Å². The number of ether oxygens (including phenoxy) is 1. The maximum Gasteiger partial charge on any atom is 0.390 e. The molecule has 0 amide bonds. The highest BCUT2D eigenvalue weighted by atomic mass is 79.9. The Labute approximate surface area is 112 Å². The van der Waals surface area contributed by atoms with Crippen molar-refractivity contribution in [2.75, 3.05) is 13.2 Å². The summed E-state index contributed by atoms with van der Waals surface area (Å²) in [5.74, 6) is 0.817. The van der Waals surface area contributed by atoms with Crippen molar-refractivity contribution in [1.29, 1.82) is 0 Å². The van der Waals surface area contributed by atoms with Crippen LogP contribution in [0.1, 0.15) is 17.5 Å². The number of benzene rings is 1. The van der Waals surface area contributed by atoms with E-state index in [2.05, 4.69) is 21.2 Å². The summed E-state index contributed by atoms with van der Waals surface area (Å²) in [4.78, 5) is 0. The molecule has 18 heavy (non-hydrogen) atoms. The number of hydrogen-bond donors (Lipinski definition) is 1. The lowest BCUT2D eigenvalue weighted by atomic mass is 10.1. The summed E-state index contributed by atoms with van der Waals surface area (Å²) in [7, 11) is 0. The van der Waals surface area contributed by atoms with E-state index in [0.717, 1.165) is 27.8 Å². The molecule has 1 aliphatic rings. The largest absolute Gasteiger partial charge is 0.493 e. The van der Waals surface area contributed by atoms with Gasteiger partial charge in [-0.2, -0.15) is 13.2 Å². The summed E-state index contributed by atoms with van der Waals surface area (Å²) in [5, 5.41) is 2.79. The zero-order chi connectivity index (χ0) is 13.2. The van der Waals surface area contributed by atoms with Crippen LogP contribution >= 0.6 is 15.9 Å². The summed E-state index contributed by atoms with van der Waals surface area (Å²) < 4.78 is 42.4. The van der Waals surface area contributed by atoms with Crippen molar-refractivity contribution in [2.24, 2.45) is 0 Å². The second-order valence-corrected chi connectivity index (χ2v) is 5.11. The van der Waals surface area contributed by atoms with E-state index >= 15 is 0 Å². The predicted molar refractivity (Wildman–Crippen MR) is 65.7 cm³/mol. The lowest BCUT2D eigenvalue weighted by Crippen LogP contribution is -2.21. The van der Waals surface area contributed by atoms with E-state index in [1.54, 1.807) is 0 Å². The van der Waals surface area contributed by atoms with Crippen LogP contribution in [0.15, 0.2) is 16.6 Å². The monoisotopic (exact) mass is 323 g/mol. The number of alkyl halides is 3. The van der Waals surface area contributed by atoms with Gasteiger partial charge in [-0.25, -0.2) is 0 Å². The maximum absolute atomic E-state index is 12.0. The molecule has 2 nitrogen and oxygen atoms in total. The Balaban J connectivity index is 1.94. The van der Waals surface area contributed by atoms with Crippen LogP contribution in [0.4, 0.5) is 13.2 Å². The van der Waals surface area contributed by atoms with Crippen LogP contribution < -0.4 is 10.1 Å². The first-order chi connectivity index (χ1) is 8.46. The smallest absolute Gasteiger partial charge is 0.390 e. The molecule has 0 atom stereocenters. The first-order valence-electron chi connectivity index (χ1n) is 5.67. The molecule has 100 valence electrons. The van der Waals surface area contributed by atoms with Gasteiger partial charge in [0.2, 0.25) is 0 Å². The normalized spacial score (nSPS) is 14.4. The first-order valence-corrected chi connectivity index (χ1v) is 6.46. The van der Waals surface area contributed by atoms with Crippen molar-refractivity contribution >= 4 is 15.9 Å². The van der Waals surface area contributed by atoms with E-state index in [1.807, 2.05) is 12.1 Å². The third-order valence-electron chi connectivity index (χ3n) is 2.73. The molecule has 0 saturated carbocycles. The molecule has 1 heterocycles. The van der Waals surface area contributed by atoms with Gasteiger partial charge in [-0.05, 0) is 17.7 Å². The minimum Gasteiger partial charge on any atom is -0.493 e. The lowest BCUT2D eigenvalue weighted by Gasteiger charge is -2.11. The average Bonchev–Trinajstić information content (AvgIpc) is 2.70. The fourth-order valence-electron chi connectivity index (χ4n) is 1.93. The van der Waals surface area contributed by atoms with Crippen LogP contribution in [-0.4, -0.2) is 19.3 Å². The van der Waals surface area contributed by atoms with Crippen molar-refractivity contribution < 1.29 is 17.9 Å². The molecule has 0 radical (unpaired) electrons. The van der Waals surface area contributed by atoms with Gasteiger partial charge in [0.1, 0.15) is 5.75 Å². The maximum atomic E-state index is 12.0. The molecule has 0 aromatic heterocycles. The van der Waals surface area contributed by atoms with Crippen LogP contribution in [0.25, 0.3) is 0 Å². The second-order valence-electron chi connectivity index (χ2n) is 4.19. The summed E-state index contributed by atoms with van der Waals surface area (Å²) in [5.41, 5.74) is 2.01. The van der Waals surface area contributed by atoms with E-state index in [4.69, 9.17) is 4.74 Å². The number of hydrogen-bond acceptors (Lipinski definition) is 2. The SMILES string of the molecule is FC(F)(F)CCNCc1cc(Br)cc2c1OCC2. The highest BCUT2D eigenvalue weighted by molar-refractivity contribution is 9.10. The van der Waals surface area contributed by atoms with Crippen molar-refractivity contribution in [2.45, 2.75) is 25.6 Å². The molecule has 1 aromatic carbocycles. The molecular formula is C12H13BrF3NO. The van der Waals surface area contributed by atoms with Gasteiger partial charge in [0.15, 0.2) is 0 Å². The van der Waals surface area contributed by atoms with E-state index in [0.29, 0.717) is 13.2 Å². The minimum atomic E-state index is -4.11. The summed E-state index contributed by atoms with van der Waals surface area (Å²) in [6.45, 7) is 0.948. The van der Waals surface area contributed by atoms with Gasteiger partial charge in [-0.1, -0.05) is 15.9 Å². The van der Waals surface area contributed by atoms with Crippen LogP contribution in [-0.2, 0) is 13.0 Å². The van der Waals surface area contributed by atoms with Crippen molar-refractivity contribution in [3.8, 4) is 5.75 Å². The van der Waals surface area contributed by atoms with E-state index in [1.165, 1.54) is 0 Å². The molecule has 2 rings (SSSR count). The molecule has 6 heteroatoms. The fourth-order valence-corrected chi connectivity index (χ4v) is 2.48. The Kier molecular flexibility index (Phi) is 4.17. The van der Waals surface area contributed by atoms with Gasteiger partial charge in [0.05, 0.1) is 13.0 Å². The average molecular weight is 324 g/mol. The summed E-state index contributed by atoms with van der Waals surface area (Å²) >= 11 is 3.39. The second kappa shape index (κ2) is 5.48. The Bertz CT molecular complexity index is 434. The predicted octanol–water partition coefficient (Wildman–Crippen LogP) is 3.43. The van der Waals surface area contributed by atoms with Crippen LogP contribution in [0.2, 0.25) is 0 Å². The van der Waals surface area contributed by atoms with Gasteiger partial charge < -0.3 is 10.1 Å². The summed E-state index contributed by atoms with van der Waals surface area (Å²) in [6, 6.07) is 3.87. The number of fused-ring (bicyclic) bond motifs is 1. The van der Waals surface area contributed by atoms with Gasteiger partial charge in [-0.15, -0.1) is 0 Å². The Hall–Kier alpha value is -0.750. The molecule has 0 aliphatic carbocycles. The molecule has 0 saturated heterocycles. The van der Waals surface area contributed by atoms with Crippen LogP contribution in [0, 0.1) is 0 Å². The molecule has 1 aliphatic heterocycles. The Morgan fingerprint density at radius 1 is 1.33 bits per heavy atom. The number of halogens is 4. The molecular weight excluding hydrogens is 311 g/mol. The van der Waals surface area contributed by atoms with Crippen molar-refractivity contribution in [3.63, 3.8) is 0 Å². The number of nitrogens with one attached hydrogen (secondary N) is 1. The van der Waals surface area contributed by atoms with Crippen molar-refractivity contribution in [1.82, 2.24) is 5.32 Å². The highest BCUT2D eigenvalue weighted by Crippen LogP contribution is 2.32. The summed E-state index contributed by atoms with van der Waals surface area (Å²) in [6.07, 6.45) is -4.07. The highest BCUT2D eigenvalue weighted by Gasteiger charge is 2.26. The fraction of sp³-hybridized carbons (Fsp3) is 0.500. The van der Waals surface area contributed by atoms with Crippen molar-refractivity contribution in [3.05, 3.63) is 27.7 Å². The zero-order valence-corrected chi connectivity index (χ0v) is 11.2.